The van der Waals surface area contributed by atoms with E-state index in [9.17, 15) is 0 Å². The van der Waals surface area contributed by atoms with Crippen molar-refractivity contribution in [1.82, 2.24) is 49.1 Å². The number of aromatic nitrogens is 10. The molecule has 320 valence electrons. The van der Waals surface area contributed by atoms with Crippen molar-refractivity contribution in [1.29, 1.82) is 0 Å². The minimum Gasteiger partial charge on any atom is -0.423 e. The fourth-order valence-corrected chi connectivity index (χ4v) is 7.83. The second-order valence-corrected chi connectivity index (χ2v) is 15.1. The fourth-order valence-electron chi connectivity index (χ4n) is 7.59. The average molecular weight is 855 g/mol. The van der Waals surface area contributed by atoms with Gasteiger partial charge >= 0.3 is 7.12 Å². The van der Waals surface area contributed by atoms with E-state index in [0.29, 0.717) is 31.9 Å². The first-order chi connectivity index (χ1) is 29.1. The summed E-state index contributed by atoms with van der Waals surface area (Å²) in [7, 11) is 2.25. The van der Waals surface area contributed by atoms with E-state index in [1.54, 1.807) is 13.2 Å². The summed E-state index contributed by atoms with van der Waals surface area (Å²) in [6.45, 7) is 5.93. The molecule has 0 fully saturated rings. The van der Waals surface area contributed by atoms with Crippen LogP contribution in [-0.4, -0.2) is 66.3 Å². The van der Waals surface area contributed by atoms with Crippen molar-refractivity contribution in [2.45, 2.75) is 68.0 Å². The third-order valence-electron chi connectivity index (χ3n) is 10.5. The van der Waals surface area contributed by atoms with Gasteiger partial charge in [-0.25, -0.2) is 0 Å². The number of nitrogens with zero attached hydrogens (tertiary/aromatic N) is 10. The zero-order valence-electron chi connectivity index (χ0n) is 33.8. The van der Waals surface area contributed by atoms with E-state index in [4.69, 9.17) is 31.1 Å². The van der Waals surface area contributed by atoms with Crippen molar-refractivity contribution in [3.8, 4) is 22.5 Å². The van der Waals surface area contributed by atoms with Crippen LogP contribution < -0.4 is 5.46 Å². The smallest absolute Gasteiger partial charge is 0.423 e. The molecule has 8 aromatic rings. The summed E-state index contributed by atoms with van der Waals surface area (Å²) in [4.78, 5) is 0. The van der Waals surface area contributed by atoms with Crippen molar-refractivity contribution < 1.29 is 19.5 Å². The monoisotopic (exact) mass is 854 g/mol. The van der Waals surface area contributed by atoms with E-state index < -0.39 is 7.12 Å². The van der Waals surface area contributed by atoms with E-state index in [0.717, 1.165) is 69.2 Å². The third-order valence-corrected chi connectivity index (χ3v) is 10.8. The number of halogens is 1. The fraction of sp³-hybridized carbons (Fsp3) is 0.261. The van der Waals surface area contributed by atoms with Crippen LogP contribution in [0.25, 0.3) is 22.5 Å². The summed E-state index contributed by atoms with van der Waals surface area (Å²) in [5.41, 5.74) is 12.1. The largest absolute Gasteiger partial charge is 0.491 e. The quantitative estimate of drug-likeness (QED) is 0.170. The van der Waals surface area contributed by atoms with Gasteiger partial charge in [-0.05, 0) is 72.7 Å². The van der Waals surface area contributed by atoms with E-state index in [1.165, 1.54) is 38.7 Å². The first-order valence-electron chi connectivity index (χ1n) is 19.5. The van der Waals surface area contributed by atoms with Crippen LogP contribution in [0.2, 0.25) is 5.02 Å². The van der Waals surface area contributed by atoms with E-state index in [-0.39, 0.29) is 14.9 Å². The van der Waals surface area contributed by atoms with Crippen LogP contribution in [0.1, 0.15) is 71.5 Å². The summed E-state index contributed by atoms with van der Waals surface area (Å²) in [5, 5.41) is 42.9. The van der Waals surface area contributed by atoms with Gasteiger partial charge in [-0.15, -0.1) is 20.4 Å². The van der Waals surface area contributed by atoms with Gasteiger partial charge in [0.25, 0.3) is 0 Å². The molecule has 4 aromatic heterocycles. The molecule has 2 aliphatic rings. The molecular formula is C46H52BClN10O4. The topological polar surface area (TPSA) is 156 Å². The molecule has 62 heavy (non-hydrogen) atoms. The van der Waals surface area contributed by atoms with Crippen molar-refractivity contribution >= 4 is 24.2 Å². The molecule has 14 nitrogen and oxygen atoms in total. The lowest BCUT2D eigenvalue weighted by Gasteiger charge is -2.18. The molecule has 0 aliphatic carbocycles. The highest BCUT2D eigenvalue weighted by Gasteiger charge is 2.24. The second kappa shape index (κ2) is 20.1. The Kier molecular flexibility index (Phi) is 14.7. The molecule has 4 aromatic carbocycles. The Bertz CT molecular complexity index is 2730. The molecule has 0 unspecified atom stereocenters. The van der Waals surface area contributed by atoms with Gasteiger partial charge in [-0.3, -0.25) is 18.5 Å². The Hall–Kier alpha value is -6.23. The van der Waals surface area contributed by atoms with E-state index in [2.05, 4.69) is 94.5 Å². The van der Waals surface area contributed by atoms with Gasteiger partial charge in [0, 0.05) is 59.9 Å². The van der Waals surface area contributed by atoms with Crippen molar-refractivity contribution in [3.05, 3.63) is 171 Å². The molecule has 2 aliphatic heterocycles. The minimum absolute atomic E-state index is 0. The van der Waals surface area contributed by atoms with Gasteiger partial charge in [0.2, 0.25) is 0 Å². The van der Waals surface area contributed by atoms with Gasteiger partial charge < -0.3 is 19.5 Å². The lowest BCUT2D eigenvalue weighted by Crippen LogP contribution is -2.28. The van der Waals surface area contributed by atoms with Gasteiger partial charge in [0.1, 0.15) is 24.9 Å². The molecular weight excluding hydrogens is 803 g/mol. The van der Waals surface area contributed by atoms with E-state index in [1.807, 2.05) is 68.2 Å². The summed E-state index contributed by atoms with van der Waals surface area (Å²) >= 11 is 6.51. The Morgan fingerprint density at radius 3 is 1.60 bits per heavy atom. The number of hydrogen-bond acceptors (Lipinski definition) is 10. The van der Waals surface area contributed by atoms with Crippen LogP contribution in [0, 0.1) is 13.8 Å². The maximum atomic E-state index is 8.54. The Morgan fingerprint density at radius 2 is 1.11 bits per heavy atom. The Balaban J connectivity index is 0.000000170. The Labute approximate surface area is 367 Å². The normalized spacial score (nSPS) is 12.2. The molecule has 2 N–H and O–H groups in total. The first kappa shape index (κ1) is 45.3. The number of ether oxygens (including phenoxy) is 2. The molecule has 0 atom stereocenters. The van der Waals surface area contributed by atoms with Crippen LogP contribution in [0.15, 0.2) is 110 Å². The van der Waals surface area contributed by atoms with Gasteiger partial charge in [0.15, 0.2) is 11.6 Å². The third kappa shape index (κ3) is 9.78. The molecule has 0 bridgehead atoms. The van der Waals surface area contributed by atoms with Gasteiger partial charge in [0.05, 0.1) is 30.8 Å². The maximum Gasteiger partial charge on any atom is 0.491 e. The molecule has 10 rings (SSSR count). The summed E-state index contributed by atoms with van der Waals surface area (Å²) in [6, 6.07) is 29.2. The van der Waals surface area contributed by atoms with Crippen LogP contribution in [-0.2, 0) is 62.8 Å². The van der Waals surface area contributed by atoms with Crippen LogP contribution in [0.5, 0.6) is 0 Å². The number of fused-ring (bicyclic) bond motifs is 6. The number of aryl methyl sites for hydroxylation is 4. The summed E-state index contributed by atoms with van der Waals surface area (Å²) in [5.74, 6) is 3.41. The first-order valence-corrected chi connectivity index (χ1v) is 19.9. The van der Waals surface area contributed by atoms with Crippen molar-refractivity contribution in [3.63, 3.8) is 0 Å². The Morgan fingerprint density at radius 1 is 0.613 bits per heavy atom. The molecule has 0 radical (unpaired) electrons. The van der Waals surface area contributed by atoms with Crippen molar-refractivity contribution in [2.24, 2.45) is 14.1 Å². The van der Waals surface area contributed by atoms with Crippen LogP contribution in [0.3, 0.4) is 0 Å². The predicted molar refractivity (Wildman–Crippen MR) is 241 cm³/mol. The molecule has 0 amide bonds. The minimum atomic E-state index is -1.40. The molecule has 0 saturated carbocycles. The molecule has 16 heteroatoms. The van der Waals surface area contributed by atoms with Crippen LogP contribution in [0.4, 0.5) is 0 Å². The average Bonchev–Trinajstić information content (AvgIpc) is 4.01. The van der Waals surface area contributed by atoms with Crippen molar-refractivity contribution in [2.75, 3.05) is 0 Å². The SMILES string of the molecule is C.C.Cc1nnc2n1-c1ccc(-c3cnn(C)c3)c(Cc3ccccc3)c1COC2.Cc1nnc2n1-c1ccc(Cl)c(Cc3ccccc3)c1COC2.Cn1cc(B(O)O)cn1. The lowest BCUT2D eigenvalue weighted by molar-refractivity contribution is 0.104. The zero-order valence-corrected chi connectivity index (χ0v) is 34.5. The van der Waals surface area contributed by atoms with Gasteiger partial charge in [-0.2, -0.15) is 10.2 Å². The molecule has 6 heterocycles. The summed E-state index contributed by atoms with van der Waals surface area (Å²) in [6.07, 6.45) is 8.54. The molecule has 0 saturated heterocycles. The van der Waals surface area contributed by atoms with Crippen LogP contribution >= 0.6 is 11.6 Å². The molecule has 0 spiro atoms. The van der Waals surface area contributed by atoms with E-state index >= 15 is 0 Å². The summed E-state index contributed by atoms with van der Waals surface area (Å²) < 4.78 is 19.3. The second-order valence-electron chi connectivity index (χ2n) is 14.6. The highest BCUT2D eigenvalue weighted by atomic mass is 35.5. The van der Waals surface area contributed by atoms with Gasteiger partial charge in [-0.1, -0.05) is 93.2 Å². The standard InChI is InChI=1S/C22H21N5O.C18H16ClN3O.C4H7BN2O2.2CH4/c1-15-24-25-22-14-28-13-20-19(10-16-6-4-3-5-7-16)18(8-9-21(20)27(15)22)17-11-23-26(2)12-17;1-12-20-21-18-11-23-10-15-14(9-13-5-3-2-4-6-13)16(19)7-8-17(15)22(12)18;1-7-3-4(2-6-7)5(8)9;;/h3-9,11-12H,10,13-14H2,1-2H3;2-8H,9-11H2,1H3;2-3,8-9H,1H3;2*1H4. The predicted octanol–water partition coefficient (Wildman–Crippen LogP) is 6.82. The highest BCUT2D eigenvalue weighted by molar-refractivity contribution is 6.58. The lowest BCUT2D eigenvalue weighted by atomic mass is 9.83. The zero-order chi connectivity index (χ0) is 41.8. The number of benzene rings is 4. The number of hydrogen-bond donors (Lipinski definition) is 2. The highest BCUT2D eigenvalue weighted by Crippen LogP contribution is 2.35. The maximum absolute atomic E-state index is 8.54. The number of rotatable bonds is 6.